The molecule has 0 amide bonds. The molecule has 160 valence electrons. The highest BCUT2D eigenvalue weighted by Crippen LogP contribution is 2.47. The van der Waals surface area contributed by atoms with Gasteiger partial charge in [0.2, 0.25) is 0 Å². The fourth-order valence-corrected chi connectivity index (χ4v) is 6.83. The Hall–Kier alpha value is -2.59. The maximum Gasteiger partial charge on any atom is 0.264 e. The molecule has 31 heavy (non-hydrogen) atoms. The monoisotopic (exact) mass is 431 g/mol. The van der Waals surface area contributed by atoms with E-state index in [1.54, 1.807) is 22.6 Å². The third-order valence-electron chi connectivity index (χ3n) is 6.97. The van der Waals surface area contributed by atoms with Crippen LogP contribution in [0.2, 0.25) is 0 Å². The molecule has 0 aromatic heterocycles. The Morgan fingerprint density at radius 3 is 2.29 bits per heavy atom. The van der Waals surface area contributed by atoms with Crippen LogP contribution < -0.4 is 0 Å². The number of sulfonamides is 1. The van der Waals surface area contributed by atoms with E-state index >= 15 is 0 Å². The minimum absolute atomic E-state index is 0.126. The van der Waals surface area contributed by atoms with Crippen molar-refractivity contribution in [3.05, 3.63) is 101 Å². The lowest BCUT2D eigenvalue weighted by molar-refractivity contribution is 0.337. The van der Waals surface area contributed by atoms with Gasteiger partial charge in [-0.15, -0.1) is 0 Å². The van der Waals surface area contributed by atoms with E-state index in [2.05, 4.69) is 42.5 Å². The maximum atomic E-state index is 13.6. The molecule has 2 aliphatic carbocycles. The van der Waals surface area contributed by atoms with Crippen LogP contribution in [0.3, 0.4) is 0 Å². The number of fused-ring (bicyclic) bond motifs is 1. The third-order valence-corrected chi connectivity index (χ3v) is 8.76. The number of aryl methyl sites for hydroxylation is 1. The van der Waals surface area contributed by atoms with Crippen molar-refractivity contribution in [3.8, 4) is 0 Å². The van der Waals surface area contributed by atoms with Crippen molar-refractivity contribution < 1.29 is 8.42 Å². The molecule has 5 rings (SSSR count). The van der Waals surface area contributed by atoms with Gasteiger partial charge in [0.05, 0.1) is 10.9 Å². The molecule has 1 aliphatic heterocycles. The summed E-state index contributed by atoms with van der Waals surface area (Å²) in [5, 5.41) is 0. The Morgan fingerprint density at radius 1 is 0.871 bits per heavy atom. The molecule has 0 radical (unpaired) electrons. The first-order valence-corrected chi connectivity index (χ1v) is 12.7. The molecule has 0 spiro atoms. The predicted octanol–water partition coefficient (Wildman–Crippen LogP) is 6.11. The third kappa shape index (κ3) is 3.67. The van der Waals surface area contributed by atoms with Gasteiger partial charge in [0, 0.05) is 18.0 Å². The Balaban J connectivity index is 1.59. The lowest BCUT2D eigenvalue weighted by Crippen LogP contribution is -2.43. The topological polar surface area (TPSA) is 37.4 Å². The molecule has 1 fully saturated rings. The van der Waals surface area contributed by atoms with Crippen molar-refractivity contribution >= 4 is 10.0 Å². The van der Waals surface area contributed by atoms with E-state index in [1.807, 2.05) is 25.1 Å². The summed E-state index contributed by atoms with van der Waals surface area (Å²) in [7, 11) is -3.62. The first-order chi connectivity index (χ1) is 15.1. The smallest absolute Gasteiger partial charge is 0.264 e. The highest BCUT2D eigenvalue weighted by molar-refractivity contribution is 7.89. The second-order valence-electron chi connectivity index (χ2n) is 8.92. The summed E-state index contributed by atoms with van der Waals surface area (Å²) in [6.45, 7) is 1.97. The van der Waals surface area contributed by atoms with E-state index in [0.717, 1.165) is 18.4 Å². The minimum atomic E-state index is -3.62. The van der Waals surface area contributed by atoms with Crippen molar-refractivity contribution in [3.63, 3.8) is 0 Å². The van der Waals surface area contributed by atoms with Crippen molar-refractivity contribution in [1.29, 1.82) is 0 Å². The van der Waals surface area contributed by atoms with E-state index < -0.39 is 10.0 Å². The number of benzene rings is 2. The fourth-order valence-electron chi connectivity index (χ4n) is 5.35. The highest BCUT2D eigenvalue weighted by atomic mass is 32.2. The van der Waals surface area contributed by atoms with Gasteiger partial charge in [0.15, 0.2) is 0 Å². The number of rotatable bonds is 3. The van der Waals surface area contributed by atoms with Crippen molar-refractivity contribution in [2.75, 3.05) is 0 Å². The standard InChI is InChI=1S/C27H29NO2S/c1-20-12-14-23(15-13-20)31(29,30)28-19-18-25(22-10-6-3-7-11-22)27-24(16-17-26(27)28)21-8-4-2-5-9-21/h3,6-7,10-19,25-27H,2,4-5,8-9H2,1H3/t25-,26+,27+/m0/s1. The van der Waals surface area contributed by atoms with Gasteiger partial charge >= 0.3 is 0 Å². The first-order valence-electron chi connectivity index (χ1n) is 11.3. The molecule has 3 atom stereocenters. The van der Waals surface area contributed by atoms with Gasteiger partial charge in [-0.1, -0.05) is 78.3 Å². The van der Waals surface area contributed by atoms with Gasteiger partial charge < -0.3 is 0 Å². The lowest BCUT2D eigenvalue weighted by Gasteiger charge is -2.39. The Morgan fingerprint density at radius 2 is 1.58 bits per heavy atom. The van der Waals surface area contributed by atoms with Crippen LogP contribution in [0, 0.1) is 12.8 Å². The lowest BCUT2D eigenvalue weighted by atomic mass is 9.75. The predicted molar refractivity (Wildman–Crippen MR) is 125 cm³/mol. The molecule has 4 heteroatoms. The van der Waals surface area contributed by atoms with Gasteiger partial charge in [-0.2, -0.15) is 0 Å². The van der Waals surface area contributed by atoms with Crippen LogP contribution in [0.4, 0.5) is 0 Å². The number of hydrogen-bond acceptors (Lipinski definition) is 2. The SMILES string of the molecule is Cc1ccc(S(=O)(=O)N2C=C[C@@H](c3ccccc3)[C@H]3C(=C4CCCCC4)C=C[C@H]32)cc1. The van der Waals surface area contributed by atoms with Crippen LogP contribution in [0.1, 0.15) is 49.1 Å². The van der Waals surface area contributed by atoms with E-state index in [-0.39, 0.29) is 17.9 Å². The number of allylic oxidation sites excluding steroid dienone is 3. The maximum absolute atomic E-state index is 13.6. The van der Waals surface area contributed by atoms with Crippen molar-refractivity contribution in [2.45, 2.75) is 55.9 Å². The van der Waals surface area contributed by atoms with Gasteiger partial charge in [-0.3, -0.25) is 4.31 Å². The van der Waals surface area contributed by atoms with Gasteiger partial charge in [-0.05, 0) is 55.9 Å². The van der Waals surface area contributed by atoms with Gasteiger partial charge in [0.25, 0.3) is 10.0 Å². The van der Waals surface area contributed by atoms with E-state index in [4.69, 9.17) is 0 Å². The molecule has 3 aliphatic rings. The Bertz CT molecular complexity index is 1140. The highest BCUT2D eigenvalue weighted by Gasteiger charge is 2.44. The zero-order valence-electron chi connectivity index (χ0n) is 17.9. The molecule has 0 N–H and O–H groups in total. The summed E-state index contributed by atoms with van der Waals surface area (Å²) < 4.78 is 28.8. The summed E-state index contributed by atoms with van der Waals surface area (Å²) in [4.78, 5) is 0.354. The van der Waals surface area contributed by atoms with E-state index in [9.17, 15) is 8.42 Å². The fraction of sp³-hybridized carbons (Fsp3) is 0.333. The minimum Gasteiger partial charge on any atom is -0.266 e. The first kappa shape index (κ1) is 20.3. The Labute approximate surface area is 185 Å². The average molecular weight is 432 g/mol. The molecule has 0 unspecified atom stereocenters. The number of nitrogens with zero attached hydrogens (tertiary/aromatic N) is 1. The van der Waals surface area contributed by atoms with Crippen LogP contribution in [-0.4, -0.2) is 18.8 Å². The summed E-state index contributed by atoms with van der Waals surface area (Å²) in [6.07, 6.45) is 14.3. The summed E-state index contributed by atoms with van der Waals surface area (Å²) in [5.74, 6) is 0.302. The average Bonchev–Trinajstić information content (AvgIpc) is 3.25. The molecule has 1 saturated carbocycles. The van der Waals surface area contributed by atoms with Gasteiger partial charge in [-0.25, -0.2) is 8.42 Å². The normalized spacial score (nSPS) is 25.7. The molecule has 3 nitrogen and oxygen atoms in total. The van der Waals surface area contributed by atoms with Crippen LogP contribution in [0.25, 0.3) is 0 Å². The second-order valence-corrected chi connectivity index (χ2v) is 10.8. The van der Waals surface area contributed by atoms with E-state index in [1.165, 1.54) is 36.0 Å². The molecular weight excluding hydrogens is 402 g/mol. The second kappa shape index (κ2) is 8.16. The summed E-state index contributed by atoms with van der Waals surface area (Å²) >= 11 is 0. The number of hydrogen-bond donors (Lipinski definition) is 0. The molecule has 2 aromatic rings. The molecular formula is C27H29NO2S. The molecule has 0 bridgehead atoms. The Kier molecular flexibility index (Phi) is 5.35. The molecule has 2 aromatic carbocycles. The van der Waals surface area contributed by atoms with Crippen LogP contribution in [0.15, 0.2) is 95.1 Å². The zero-order chi connectivity index (χ0) is 21.4. The summed E-state index contributed by atoms with van der Waals surface area (Å²) in [6, 6.07) is 17.5. The van der Waals surface area contributed by atoms with Crippen molar-refractivity contribution in [2.24, 2.45) is 5.92 Å². The van der Waals surface area contributed by atoms with Crippen molar-refractivity contribution in [1.82, 2.24) is 4.31 Å². The van der Waals surface area contributed by atoms with E-state index in [0.29, 0.717) is 4.90 Å². The summed E-state index contributed by atoms with van der Waals surface area (Å²) in [5.41, 5.74) is 5.20. The van der Waals surface area contributed by atoms with Crippen LogP contribution in [0.5, 0.6) is 0 Å². The largest absolute Gasteiger partial charge is 0.266 e. The quantitative estimate of drug-likeness (QED) is 0.588. The van der Waals surface area contributed by atoms with Crippen LogP contribution >= 0.6 is 0 Å². The molecule has 1 heterocycles. The zero-order valence-corrected chi connectivity index (χ0v) is 18.8. The van der Waals surface area contributed by atoms with Crippen LogP contribution in [-0.2, 0) is 10.0 Å². The van der Waals surface area contributed by atoms with Gasteiger partial charge in [0.1, 0.15) is 0 Å². The molecule has 0 saturated heterocycles.